The molecular formula is C16H28N2S. The first-order valence-corrected chi connectivity index (χ1v) is 8.53. The number of thiophene rings is 1. The highest BCUT2D eigenvalue weighted by Gasteiger charge is 2.32. The topological polar surface area (TPSA) is 15.3 Å². The molecule has 0 saturated heterocycles. The lowest BCUT2D eigenvalue weighted by atomic mass is 10.1. The van der Waals surface area contributed by atoms with Crippen LogP contribution in [0.25, 0.3) is 0 Å². The maximum Gasteiger partial charge on any atom is 0.0443 e. The van der Waals surface area contributed by atoms with Crippen molar-refractivity contribution in [3.63, 3.8) is 0 Å². The minimum Gasteiger partial charge on any atom is -0.309 e. The SMILES string of the molecule is CC(C)N(C)CCCCNC(c1cccs1)C1CC1. The first kappa shape index (κ1) is 15.0. The van der Waals surface area contributed by atoms with Crippen LogP contribution in [0.15, 0.2) is 17.5 Å². The molecule has 1 unspecified atom stereocenters. The minimum absolute atomic E-state index is 0.628. The van der Waals surface area contributed by atoms with Crippen LogP contribution in [0.4, 0.5) is 0 Å². The molecule has 1 saturated carbocycles. The van der Waals surface area contributed by atoms with Gasteiger partial charge in [0.15, 0.2) is 0 Å². The maximum absolute atomic E-state index is 3.78. The van der Waals surface area contributed by atoms with E-state index >= 15 is 0 Å². The molecule has 1 fully saturated rings. The van der Waals surface area contributed by atoms with Crippen LogP contribution >= 0.6 is 11.3 Å². The average Bonchev–Trinajstić information content (AvgIpc) is 3.07. The fraction of sp³-hybridized carbons (Fsp3) is 0.750. The van der Waals surface area contributed by atoms with Gasteiger partial charge in [-0.3, -0.25) is 0 Å². The number of hydrogen-bond acceptors (Lipinski definition) is 3. The number of hydrogen-bond donors (Lipinski definition) is 1. The monoisotopic (exact) mass is 280 g/mol. The van der Waals surface area contributed by atoms with E-state index in [1.54, 1.807) is 0 Å². The highest BCUT2D eigenvalue weighted by Crippen LogP contribution is 2.42. The summed E-state index contributed by atoms with van der Waals surface area (Å²) >= 11 is 1.90. The van der Waals surface area contributed by atoms with E-state index in [9.17, 15) is 0 Å². The molecule has 1 N–H and O–H groups in total. The molecule has 1 aromatic heterocycles. The molecule has 1 aliphatic rings. The summed E-state index contributed by atoms with van der Waals surface area (Å²) in [7, 11) is 2.22. The van der Waals surface area contributed by atoms with E-state index in [4.69, 9.17) is 0 Å². The summed E-state index contributed by atoms with van der Waals surface area (Å²) in [6.07, 6.45) is 5.40. The second-order valence-electron chi connectivity index (χ2n) is 6.07. The standard InChI is InChI=1S/C16H28N2S/c1-13(2)18(3)11-5-4-10-17-16(14-8-9-14)15-7-6-12-19-15/h6-7,12-14,16-17H,4-5,8-11H2,1-3H3. The van der Waals surface area contributed by atoms with E-state index in [2.05, 4.69) is 48.6 Å². The molecule has 3 heteroatoms. The van der Waals surface area contributed by atoms with Crippen LogP contribution in [-0.4, -0.2) is 31.1 Å². The number of rotatable bonds is 9. The number of unbranched alkanes of at least 4 members (excludes halogenated alkanes) is 1. The van der Waals surface area contributed by atoms with Crippen molar-refractivity contribution in [1.82, 2.24) is 10.2 Å². The smallest absolute Gasteiger partial charge is 0.0443 e. The van der Waals surface area contributed by atoms with Crippen molar-refractivity contribution < 1.29 is 0 Å². The van der Waals surface area contributed by atoms with Gasteiger partial charge in [0.05, 0.1) is 0 Å². The Bertz CT molecular complexity index is 344. The summed E-state index contributed by atoms with van der Waals surface area (Å²) in [6, 6.07) is 5.75. The summed E-state index contributed by atoms with van der Waals surface area (Å²) < 4.78 is 0. The molecule has 2 rings (SSSR count). The van der Waals surface area contributed by atoms with Crippen LogP contribution in [0.3, 0.4) is 0 Å². The molecular weight excluding hydrogens is 252 g/mol. The van der Waals surface area contributed by atoms with E-state index in [0.29, 0.717) is 12.1 Å². The highest BCUT2D eigenvalue weighted by atomic mass is 32.1. The Balaban J connectivity index is 1.64. The summed E-state index contributed by atoms with van der Waals surface area (Å²) in [6.45, 7) is 6.90. The van der Waals surface area contributed by atoms with Crippen molar-refractivity contribution in [3.8, 4) is 0 Å². The van der Waals surface area contributed by atoms with Gasteiger partial charge in [0.1, 0.15) is 0 Å². The minimum atomic E-state index is 0.628. The molecule has 0 radical (unpaired) electrons. The Labute approximate surface area is 122 Å². The second-order valence-corrected chi connectivity index (χ2v) is 7.05. The van der Waals surface area contributed by atoms with Crippen molar-refractivity contribution in [1.29, 1.82) is 0 Å². The molecule has 1 atom stereocenters. The normalized spacial score (nSPS) is 17.3. The third kappa shape index (κ3) is 4.90. The molecule has 0 spiro atoms. The fourth-order valence-corrected chi connectivity index (χ4v) is 3.29. The van der Waals surface area contributed by atoms with E-state index < -0.39 is 0 Å². The van der Waals surface area contributed by atoms with Crippen LogP contribution < -0.4 is 5.32 Å². The van der Waals surface area contributed by atoms with Crippen LogP contribution in [0, 0.1) is 5.92 Å². The van der Waals surface area contributed by atoms with Gasteiger partial charge in [0, 0.05) is 17.0 Å². The zero-order valence-electron chi connectivity index (χ0n) is 12.6. The largest absolute Gasteiger partial charge is 0.309 e. The van der Waals surface area contributed by atoms with Gasteiger partial charge in [-0.15, -0.1) is 11.3 Å². The zero-order chi connectivity index (χ0) is 13.7. The zero-order valence-corrected chi connectivity index (χ0v) is 13.4. The predicted molar refractivity (Wildman–Crippen MR) is 84.8 cm³/mol. The molecule has 0 aromatic carbocycles. The van der Waals surface area contributed by atoms with Gasteiger partial charge in [0.2, 0.25) is 0 Å². The molecule has 2 nitrogen and oxygen atoms in total. The summed E-state index contributed by atoms with van der Waals surface area (Å²) in [4.78, 5) is 3.96. The van der Waals surface area contributed by atoms with Crippen LogP contribution in [0.5, 0.6) is 0 Å². The van der Waals surface area contributed by atoms with Gasteiger partial charge in [-0.2, -0.15) is 0 Å². The Morgan fingerprint density at radius 3 is 2.74 bits per heavy atom. The van der Waals surface area contributed by atoms with Crippen LogP contribution in [0.2, 0.25) is 0 Å². The first-order chi connectivity index (χ1) is 9.18. The second kappa shape index (κ2) is 7.41. The lowest BCUT2D eigenvalue weighted by Gasteiger charge is -2.21. The van der Waals surface area contributed by atoms with E-state index in [0.717, 1.165) is 12.5 Å². The van der Waals surface area contributed by atoms with Crippen molar-refractivity contribution in [3.05, 3.63) is 22.4 Å². The van der Waals surface area contributed by atoms with Gasteiger partial charge >= 0.3 is 0 Å². The Morgan fingerprint density at radius 1 is 1.37 bits per heavy atom. The maximum atomic E-state index is 3.78. The Morgan fingerprint density at radius 2 is 2.16 bits per heavy atom. The van der Waals surface area contributed by atoms with E-state index in [1.165, 1.54) is 37.1 Å². The fourth-order valence-electron chi connectivity index (χ4n) is 2.40. The molecule has 19 heavy (non-hydrogen) atoms. The number of nitrogens with one attached hydrogen (secondary N) is 1. The summed E-state index contributed by atoms with van der Waals surface area (Å²) in [5.41, 5.74) is 0. The molecule has 1 heterocycles. The third-order valence-electron chi connectivity index (χ3n) is 4.13. The van der Waals surface area contributed by atoms with Gasteiger partial charge in [-0.05, 0) is 77.0 Å². The Hall–Kier alpha value is -0.380. The molecule has 108 valence electrons. The van der Waals surface area contributed by atoms with Gasteiger partial charge in [-0.25, -0.2) is 0 Å². The quantitative estimate of drug-likeness (QED) is 0.690. The van der Waals surface area contributed by atoms with Gasteiger partial charge in [-0.1, -0.05) is 6.07 Å². The average molecular weight is 280 g/mol. The van der Waals surface area contributed by atoms with Crippen molar-refractivity contribution in [2.45, 2.75) is 51.6 Å². The predicted octanol–water partition coefficient (Wildman–Crippen LogP) is 3.91. The van der Waals surface area contributed by atoms with E-state index in [1.807, 2.05) is 11.3 Å². The Kier molecular flexibility index (Phi) is 5.86. The molecule has 1 aromatic rings. The number of nitrogens with zero attached hydrogens (tertiary/aromatic N) is 1. The molecule has 0 aliphatic heterocycles. The lowest BCUT2D eigenvalue weighted by molar-refractivity contribution is 0.267. The summed E-state index contributed by atoms with van der Waals surface area (Å²) in [5, 5.41) is 5.98. The van der Waals surface area contributed by atoms with Crippen LogP contribution in [0.1, 0.15) is 50.4 Å². The molecule has 1 aliphatic carbocycles. The van der Waals surface area contributed by atoms with Crippen molar-refractivity contribution in [2.24, 2.45) is 5.92 Å². The van der Waals surface area contributed by atoms with E-state index in [-0.39, 0.29) is 0 Å². The van der Waals surface area contributed by atoms with Crippen molar-refractivity contribution >= 4 is 11.3 Å². The van der Waals surface area contributed by atoms with Crippen LogP contribution in [-0.2, 0) is 0 Å². The lowest BCUT2D eigenvalue weighted by Crippen LogP contribution is -2.28. The van der Waals surface area contributed by atoms with Crippen molar-refractivity contribution in [2.75, 3.05) is 20.1 Å². The van der Waals surface area contributed by atoms with Gasteiger partial charge in [0.25, 0.3) is 0 Å². The first-order valence-electron chi connectivity index (χ1n) is 7.65. The highest BCUT2D eigenvalue weighted by molar-refractivity contribution is 7.10. The van der Waals surface area contributed by atoms with Gasteiger partial charge < -0.3 is 10.2 Å². The third-order valence-corrected chi connectivity index (χ3v) is 5.08. The molecule has 0 bridgehead atoms. The molecule has 0 amide bonds. The summed E-state index contributed by atoms with van der Waals surface area (Å²) in [5.74, 6) is 0.900.